The van der Waals surface area contributed by atoms with Crippen molar-refractivity contribution in [3.8, 4) is 0 Å². The molecule has 0 N–H and O–H groups in total. The van der Waals surface area contributed by atoms with Crippen molar-refractivity contribution in [1.29, 1.82) is 0 Å². The monoisotopic (exact) mass is 342 g/mol. The van der Waals surface area contributed by atoms with E-state index in [2.05, 4.69) is 13.8 Å². The highest BCUT2D eigenvalue weighted by Gasteiger charge is 2.19. The maximum absolute atomic E-state index is 13.9. The molecule has 0 spiro atoms. The number of esters is 1. The molecule has 23 heavy (non-hydrogen) atoms. The summed E-state index contributed by atoms with van der Waals surface area (Å²) in [4.78, 5) is 12.2. The summed E-state index contributed by atoms with van der Waals surface area (Å²) >= 11 is 5.73. The summed E-state index contributed by atoms with van der Waals surface area (Å²) in [5.41, 5.74) is -0.0787. The molecule has 0 aliphatic heterocycles. The maximum Gasteiger partial charge on any atom is 0.341 e. The number of benzene rings is 1. The minimum Gasteiger partial charge on any atom is -0.459 e. The van der Waals surface area contributed by atoms with Crippen LogP contribution in [0.25, 0.3) is 0 Å². The molecular weight excluding hydrogens is 315 g/mol. The average Bonchev–Trinajstić information content (AvgIpc) is 2.54. The molecule has 1 atom stereocenters. The van der Waals surface area contributed by atoms with E-state index >= 15 is 0 Å². The van der Waals surface area contributed by atoms with Gasteiger partial charge in [0.2, 0.25) is 0 Å². The number of rotatable bonds is 11. The molecule has 1 aromatic rings. The average molecular weight is 343 g/mol. The normalized spacial score (nSPS) is 12.2. The van der Waals surface area contributed by atoms with E-state index in [1.54, 1.807) is 6.07 Å². The Morgan fingerprint density at radius 2 is 1.74 bits per heavy atom. The molecule has 0 radical (unpaired) electrons. The third-order valence-electron chi connectivity index (χ3n) is 3.95. The van der Waals surface area contributed by atoms with Crippen LogP contribution in [0.4, 0.5) is 4.39 Å². The highest BCUT2D eigenvalue weighted by atomic mass is 35.5. The maximum atomic E-state index is 13.9. The molecule has 0 fully saturated rings. The Balaban J connectivity index is 2.57. The van der Waals surface area contributed by atoms with Gasteiger partial charge >= 0.3 is 5.97 Å². The second-order valence-electron chi connectivity index (χ2n) is 5.97. The van der Waals surface area contributed by atoms with Crippen molar-refractivity contribution in [3.05, 3.63) is 34.6 Å². The zero-order valence-corrected chi connectivity index (χ0v) is 15.0. The first-order valence-corrected chi connectivity index (χ1v) is 9.12. The van der Waals surface area contributed by atoms with Gasteiger partial charge in [0.15, 0.2) is 5.82 Å². The van der Waals surface area contributed by atoms with E-state index < -0.39 is 11.8 Å². The van der Waals surface area contributed by atoms with Crippen LogP contribution in [0.1, 0.15) is 82.0 Å². The Hall–Kier alpha value is -1.09. The smallest absolute Gasteiger partial charge is 0.341 e. The lowest BCUT2D eigenvalue weighted by Gasteiger charge is -2.18. The van der Waals surface area contributed by atoms with Crippen LogP contribution in [0.3, 0.4) is 0 Å². The van der Waals surface area contributed by atoms with Gasteiger partial charge in [0, 0.05) is 0 Å². The highest BCUT2D eigenvalue weighted by molar-refractivity contribution is 6.31. The van der Waals surface area contributed by atoms with E-state index in [1.165, 1.54) is 31.4 Å². The molecule has 0 bridgehead atoms. The summed E-state index contributed by atoms with van der Waals surface area (Å²) in [5.74, 6) is -1.31. The van der Waals surface area contributed by atoms with Gasteiger partial charge in [-0.25, -0.2) is 9.18 Å². The number of halogens is 2. The van der Waals surface area contributed by atoms with E-state index in [4.69, 9.17) is 16.3 Å². The van der Waals surface area contributed by atoms with Crippen molar-refractivity contribution in [2.24, 2.45) is 0 Å². The summed E-state index contributed by atoms with van der Waals surface area (Å²) in [5, 5.41) is -0.0517. The van der Waals surface area contributed by atoms with Crippen molar-refractivity contribution in [1.82, 2.24) is 0 Å². The zero-order chi connectivity index (χ0) is 17.1. The van der Waals surface area contributed by atoms with E-state index in [-0.39, 0.29) is 16.7 Å². The molecule has 0 aromatic heterocycles. The fourth-order valence-electron chi connectivity index (χ4n) is 2.55. The van der Waals surface area contributed by atoms with Crippen LogP contribution in [-0.2, 0) is 4.74 Å². The molecule has 1 rings (SSSR count). The Kier molecular flexibility index (Phi) is 9.93. The van der Waals surface area contributed by atoms with Gasteiger partial charge in [0.05, 0.1) is 10.6 Å². The van der Waals surface area contributed by atoms with Crippen molar-refractivity contribution >= 4 is 17.6 Å². The summed E-state index contributed by atoms with van der Waals surface area (Å²) in [6.07, 6.45) is 9.46. The molecule has 0 saturated carbocycles. The molecule has 130 valence electrons. The van der Waals surface area contributed by atoms with Crippen LogP contribution in [0.15, 0.2) is 18.2 Å². The van der Waals surface area contributed by atoms with E-state index in [9.17, 15) is 9.18 Å². The number of hydrogen-bond donors (Lipinski definition) is 0. The largest absolute Gasteiger partial charge is 0.459 e. The number of unbranched alkanes of at least 4 members (excludes halogenated alkanes) is 5. The summed E-state index contributed by atoms with van der Waals surface area (Å²) in [6.45, 7) is 4.29. The quantitative estimate of drug-likeness (QED) is 0.336. The summed E-state index contributed by atoms with van der Waals surface area (Å²) < 4.78 is 19.5. The number of carbonyl (C=O) groups excluding carboxylic acids is 1. The van der Waals surface area contributed by atoms with Crippen LogP contribution in [0.2, 0.25) is 5.02 Å². The first-order valence-electron chi connectivity index (χ1n) is 8.75. The van der Waals surface area contributed by atoms with E-state index in [1.807, 2.05) is 0 Å². The van der Waals surface area contributed by atoms with Gasteiger partial charge in [-0.05, 0) is 31.4 Å². The molecule has 2 nitrogen and oxygen atoms in total. The Morgan fingerprint density at radius 3 is 2.43 bits per heavy atom. The first kappa shape index (κ1) is 20.0. The van der Waals surface area contributed by atoms with E-state index in [0.29, 0.717) is 0 Å². The van der Waals surface area contributed by atoms with Gasteiger partial charge in [0.1, 0.15) is 6.10 Å². The minimum atomic E-state index is -0.698. The lowest BCUT2D eigenvalue weighted by Crippen LogP contribution is -2.19. The highest BCUT2D eigenvalue weighted by Crippen LogP contribution is 2.21. The fraction of sp³-hybridized carbons (Fsp3) is 0.632. The predicted octanol–water partition coefficient (Wildman–Crippen LogP) is 6.56. The second kappa shape index (κ2) is 11.4. The lowest BCUT2D eigenvalue weighted by atomic mass is 10.0. The van der Waals surface area contributed by atoms with Crippen LogP contribution < -0.4 is 0 Å². The SMILES string of the molecule is CCCCCCCC(CCCC)OC(=O)c1cccc(Cl)c1F. The van der Waals surface area contributed by atoms with Gasteiger partial charge in [0.25, 0.3) is 0 Å². The molecule has 0 aliphatic rings. The fourth-order valence-corrected chi connectivity index (χ4v) is 2.72. The topological polar surface area (TPSA) is 26.3 Å². The van der Waals surface area contributed by atoms with E-state index in [0.717, 1.165) is 38.5 Å². The Morgan fingerprint density at radius 1 is 1.09 bits per heavy atom. The molecule has 0 amide bonds. The third kappa shape index (κ3) is 7.34. The van der Waals surface area contributed by atoms with Crippen LogP contribution in [0.5, 0.6) is 0 Å². The van der Waals surface area contributed by atoms with Gasteiger partial charge < -0.3 is 4.74 Å². The molecule has 1 aromatic carbocycles. The van der Waals surface area contributed by atoms with Crippen molar-refractivity contribution < 1.29 is 13.9 Å². The summed E-state index contributed by atoms with van der Waals surface area (Å²) in [7, 11) is 0. The van der Waals surface area contributed by atoms with Crippen LogP contribution >= 0.6 is 11.6 Å². The lowest BCUT2D eigenvalue weighted by molar-refractivity contribution is 0.0245. The number of hydrogen-bond acceptors (Lipinski definition) is 2. The Labute approximate surface area is 144 Å². The number of ether oxygens (including phenoxy) is 1. The van der Waals surface area contributed by atoms with Gasteiger partial charge in [-0.15, -0.1) is 0 Å². The molecular formula is C19H28ClFO2. The molecule has 0 heterocycles. The van der Waals surface area contributed by atoms with Crippen molar-refractivity contribution in [3.63, 3.8) is 0 Å². The van der Waals surface area contributed by atoms with Gasteiger partial charge in [-0.2, -0.15) is 0 Å². The zero-order valence-electron chi connectivity index (χ0n) is 14.2. The summed E-state index contributed by atoms with van der Waals surface area (Å²) in [6, 6.07) is 4.41. The number of carbonyl (C=O) groups is 1. The molecule has 1 unspecified atom stereocenters. The van der Waals surface area contributed by atoms with Crippen molar-refractivity contribution in [2.45, 2.75) is 77.7 Å². The van der Waals surface area contributed by atoms with Gasteiger partial charge in [-0.1, -0.05) is 70.0 Å². The Bertz CT molecular complexity index is 476. The van der Waals surface area contributed by atoms with Crippen LogP contribution in [-0.4, -0.2) is 12.1 Å². The first-order chi connectivity index (χ1) is 11.1. The van der Waals surface area contributed by atoms with Gasteiger partial charge in [-0.3, -0.25) is 0 Å². The minimum absolute atomic E-state index is 0.0517. The standard InChI is InChI=1S/C19H28ClFO2/c1-3-5-7-8-9-12-15(11-6-4-2)23-19(22)16-13-10-14-17(20)18(16)21/h10,13-15H,3-9,11-12H2,1-2H3. The predicted molar refractivity (Wildman–Crippen MR) is 93.5 cm³/mol. The second-order valence-corrected chi connectivity index (χ2v) is 6.38. The van der Waals surface area contributed by atoms with Crippen molar-refractivity contribution in [2.75, 3.05) is 0 Å². The molecule has 0 saturated heterocycles. The third-order valence-corrected chi connectivity index (χ3v) is 4.25. The molecule has 4 heteroatoms. The van der Waals surface area contributed by atoms with Crippen LogP contribution in [0, 0.1) is 5.82 Å². The molecule has 0 aliphatic carbocycles.